The van der Waals surface area contributed by atoms with Crippen molar-refractivity contribution in [3.05, 3.63) is 45.7 Å². The Kier molecular flexibility index (Phi) is 7.41. The SMILES string of the molecule is CCCOC(=O)C(Oc1ccc([N+](=O)[O-])cc1)=C(CCC)C(=O)O. The molecule has 0 bridgehead atoms. The summed E-state index contributed by atoms with van der Waals surface area (Å²) in [5.41, 5.74) is -0.342. The van der Waals surface area contributed by atoms with Crippen molar-refractivity contribution < 1.29 is 29.1 Å². The summed E-state index contributed by atoms with van der Waals surface area (Å²) in [5.74, 6) is -2.45. The van der Waals surface area contributed by atoms with Gasteiger partial charge in [0.15, 0.2) is 0 Å². The number of rotatable bonds is 9. The Morgan fingerprint density at radius 2 is 1.79 bits per heavy atom. The minimum absolute atomic E-state index is 0.110. The zero-order valence-corrected chi connectivity index (χ0v) is 13.5. The highest BCUT2D eigenvalue weighted by Gasteiger charge is 2.24. The number of carbonyl (C=O) groups excluding carboxylic acids is 1. The van der Waals surface area contributed by atoms with Crippen LogP contribution in [0.4, 0.5) is 5.69 Å². The first-order chi connectivity index (χ1) is 11.4. The van der Waals surface area contributed by atoms with Gasteiger partial charge in [0.1, 0.15) is 5.75 Å². The monoisotopic (exact) mass is 337 g/mol. The molecule has 1 aromatic carbocycles. The predicted octanol–water partition coefficient (Wildman–Crippen LogP) is 3.07. The van der Waals surface area contributed by atoms with Gasteiger partial charge in [0.2, 0.25) is 5.76 Å². The lowest BCUT2D eigenvalue weighted by atomic mass is 10.1. The molecule has 0 aliphatic carbocycles. The predicted molar refractivity (Wildman–Crippen MR) is 84.5 cm³/mol. The van der Waals surface area contributed by atoms with Gasteiger partial charge in [-0.25, -0.2) is 9.59 Å². The van der Waals surface area contributed by atoms with Crippen LogP contribution in [0, 0.1) is 10.1 Å². The molecule has 8 heteroatoms. The fraction of sp³-hybridized carbons (Fsp3) is 0.375. The quantitative estimate of drug-likeness (QED) is 0.242. The number of carboxylic acids is 1. The highest BCUT2D eigenvalue weighted by molar-refractivity contribution is 5.98. The third kappa shape index (κ3) is 5.38. The lowest BCUT2D eigenvalue weighted by Gasteiger charge is -2.13. The Balaban J connectivity index is 3.16. The standard InChI is InChI=1S/C16H19NO7/c1-3-5-13(15(18)19)14(16(20)23-10-4-2)24-12-8-6-11(7-9-12)17(21)22/h6-9H,3-5,10H2,1-2H3,(H,18,19). The number of ether oxygens (including phenoxy) is 2. The van der Waals surface area contributed by atoms with Crippen LogP contribution in [0.15, 0.2) is 35.6 Å². The van der Waals surface area contributed by atoms with Crippen molar-refractivity contribution in [3.63, 3.8) is 0 Å². The van der Waals surface area contributed by atoms with E-state index >= 15 is 0 Å². The summed E-state index contributed by atoms with van der Waals surface area (Å²) in [6.07, 6.45) is 1.20. The molecule has 0 aliphatic rings. The number of nitro benzene ring substituents is 1. The van der Waals surface area contributed by atoms with E-state index in [-0.39, 0.29) is 30.0 Å². The largest absolute Gasteiger partial charge is 0.478 e. The second-order valence-electron chi connectivity index (χ2n) is 4.85. The Morgan fingerprint density at radius 1 is 1.17 bits per heavy atom. The molecule has 0 aromatic heterocycles. The van der Waals surface area contributed by atoms with Crippen molar-refractivity contribution >= 4 is 17.6 Å². The maximum atomic E-state index is 12.1. The first kappa shape index (κ1) is 19.1. The van der Waals surface area contributed by atoms with Crippen molar-refractivity contribution in [3.8, 4) is 5.75 Å². The van der Waals surface area contributed by atoms with Crippen molar-refractivity contribution in [2.75, 3.05) is 6.61 Å². The second-order valence-corrected chi connectivity index (χ2v) is 4.85. The Labute approximate surface area is 138 Å². The Bertz CT molecular complexity index is 634. The van der Waals surface area contributed by atoms with E-state index in [0.717, 1.165) is 0 Å². The third-order valence-electron chi connectivity index (χ3n) is 2.92. The summed E-state index contributed by atoms with van der Waals surface area (Å²) in [6.45, 7) is 3.70. The van der Waals surface area contributed by atoms with E-state index in [4.69, 9.17) is 9.47 Å². The molecule has 0 fully saturated rings. The molecule has 1 rings (SSSR count). The lowest BCUT2D eigenvalue weighted by molar-refractivity contribution is -0.384. The first-order valence-corrected chi connectivity index (χ1v) is 7.46. The fourth-order valence-electron chi connectivity index (χ4n) is 1.81. The smallest absolute Gasteiger partial charge is 0.374 e. The van der Waals surface area contributed by atoms with Crippen LogP contribution in [0.1, 0.15) is 33.1 Å². The number of benzene rings is 1. The molecule has 0 saturated carbocycles. The van der Waals surface area contributed by atoms with Gasteiger partial charge in [-0.15, -0.1) is 0 Å². The summed E-state index contributed by atoms with van der Waals surface area (Å²) in [7, 11) is 0. The van der Waals surface area contributed by atoms with E-state index in [1.54, 1.807) is 13.8 Å². The number of nitro groups is 1. The van der Waals surface area contributed by atoms with Crippen molar-refractivity contribution in [2.45, 2.75) is 33.1 Å². The van der Waals surface area contributed by atoms with Gasteiger partial charge in [-0.05, 0) is 25.0 Å². The van der Waals surface area contributed by atoms with Crippen LogP contribution < -0.4 is 4.74 Å². The summed E-state index contributed by atoms with van der Waals surface area (Å²) >= 11 is 0. The van der Waals surface area contributed by atoms with E-state index in [0.29, 0.717) is 12.8 Å². The van der Waals surface area contributed by atoms with Crippen LogP contribution in [0.5, 0.6) is 5.75 Å². The molecule has 0 aliphatic heterocycles. The van der Waals surface area contributed by atoms with E-state index in [2.05, 4.69) is 0 Å². The average molecular weight is 337 g/mol. The van der Waals surface area contributed by atoms with Gasteiger partial charge in [0, 0.05) is 12.1 Å². The highest BCUT2D eigenvalue weighted by Crippen LogP contribution is 2.22. The van der Waals surface area contributed by atoms with Gasteiger partial charge in [0.25, 0.3) is 5.69 Å². The molecule has 0 radical (unpaired) electrons. The average Bonchev–Trinajstić information content (AvgIpc) is 2.55. The van der Waals surface area contributed by atoms with Gasteiger partial charge in [-0.2, -0.15) is 0 Å². The van der Waals surface area contributed by atoms with Gasteiger partial charge >= 0.3 is 11.9 Å². The zero-order chi connectivity index (χ0) is 18.1. The van der Waals surface area contributed by atoms with E-state index in [1.807, 2.05) is 0 Å². The Morgan fingerprint density at radius 3 is 2.25 bits per heavy atom. The molecule has 0 spiro atoms. The topological polar surface area (TPSA) is 116 Å². The molecule has 0 atom stereocenters. The molecular formula is C16H19NO7. The molecule has 130 valence electrons. The first-order valence-electron chi connectivity index (χ1n) is 7.46. The normalized spacial score (nSPS) is 11.4. The van der Waals surface area contributed by atoms with E-state index in [9.17, 15) is 24.8 Å². The maximum absolute atomic E-state index is 12.1. The number of carboxylic acid groups (broad SMARTS) is 1. The maximum Gasteiger partial charge on any atom is 0.374 e. The lowest BCUT2D eigenvalue weighted by Crippen LogP contribution is -2.19. The minimum Gasteiger partial charge on any atom is -0.478 e. The zero-order valence-electron chi connectivity index (χ0n) is 13.5. The summed E-state index contributed by atoms with van der Waals surface area (Å²) in [5, 5.41) is 20.0. The molecule has 1 N–H and O–H groups in total. The van der Waals surface area contributed by atoms with Crippen LogP contribution in [0.2, 0.25) is 0 Å². The summed E-state index contributed by atoms with van der Waals surface area (Å²) in [6, 6.07) is 4.97. The van der Waals surface area contributed by atoms with Crippen molar-refractivity contribution in [1.82, 2.24) is 0 Å². The van der Waals surface area contributed by atoms with E-state index in [1.165, 1.54) is 24.3 Å². The molecule has 0 saturated heterocycles. The number of esters is 1. The molecule has 8 nitrogen and oxygen atoms in total. The fourth-order valence-corrected chi connectivity index (χ4v) is 1.81. The van der Waals surface area contributed by atoms with E-state index < -0.39 is 22.6 Å². The van der Waals surface area contributed by atoms with Crippen LogP contribution >= 0.6 is 0 Å². The number of non-ortho nitro benzene ring substituents is 1. The third-order valence-corrected chi connectivity index (χ3v) is 2.92. The molecular weight excluding hydrogens is 318 g/mol. The summed E-state index contributed by atoms with van der Waals surface area (Å²) in [4.78, 5) is 33.6. The molecule has 0 heterocycles. The van der Waals surface area contributed by atoms with Gasteiger partial charge in [-0.1, -0.05) is 20.3 Å². The Hall–Kier alpha value is -2.90. The van der Waals surface area contributed by atoms with Crippen molar-refractivity contribution in [2.24, 2.45) is 0 Å². The van der Waals surface area contributed by atoms with Crippen molar-refractivity contribution in [1.29, 1.82) is 0 Å². The highest BCUT2D eigenvalue weighted by atomic mass is 16.6. The molecule has 0 unspecified atom stereocenters. The number of nitrogens with zero attached hydrogens (tertiary/aromatic N) is 1. The molecule has 24 heavy (non-hydrogen) atoms. The van der Waals surface area contributed by atoms with Crippen LogP contribution in [0.25, 0.3) is 0 Å². The molecule has 1 aromatic rings. The number of aliphatic carboxylic acids is 1. The molecule has 0 amide bonds. The van der Waals surface area contributed by atoms with Gasteiger partial charge in [-0.3, -0.25) is 10.1 Å². The number of hydrogen-bond acceptors (Lipinski definition) is 6. The van der Waals surface area contributed by atoms with Crippen LogP contribution in [0.3, 0.4) is 0 Å². The number of hydrogen-bond donors (Lipinski definition) is 1. The van der Waals surface area contributed by atoms with Crippen LogP contribution in [-0.4, -0.2) is 28.6 Å². The summed E-state index contributed by atoms with van der Waals surface area (Å²) < 4.78 is 10.4. The van der Waals surface area contributed by atoms with Gasteiger partial charge in [0.05, 0.1) is 17.1 Å². The minimum atomic E-state index is -1.28. The van der Waals surface area contributed by atoms with Crippen LogP contribution in [-0.2, 0) is 14.3 Å². The number of carbonyl (C=O) groups is 2. The van der Waals surface area contributed by atoms with Gasteiger partial charge < -0.3 is 14.6 Å². The second kappa shape index (κ2) is 9.29.